The minimum absolute atomic E-state index is 0.588. The van der Waals surface area contributed by atoms with Gasteiger partial charge in [0.2, 0.25) is 0 Å². The fraction of sp³-hybridized carbons (Fsp3) is 0.643. The number of aromatic nitrogens is 2. The summed E-state index contributed by atoms with van der Waals surface area (Å²) in [6.45, 7) is 9.38. The number of piperidine rings is 1. The van der Waals surface area contributed by atoms with Gasteiger partial charge in [-0.15, -0.1) is 6.58 Å². The van der Waals surface area contributed by atoms with Gasteiger partial charge in [0.25, 0.3) is 0 Å². The zero-order chi connectivity index (χ0) is 12.1. The molecule has 17 heavy (non-hydrogen) atoms. The van der Waals surface area contributed by atoms with Crippen molar-refractivity contribution >= 4 is 0 Å². The zero-order valence-electron chi connectivity index (χ0n) is 10.8. The highest BCUT2D eigenvalue weighted by Crippen LogP contribution is 2.17. The number of hydrogen-bond donors (Lipinski definition) is 0. The van der Waals surface area contributed by atoms with Crippen LogP contribution in [-0.4, -0.2) is 33.8 Å². The third-order valence-electron chi connectivity index (χ3n) is 3.63. The van der Waals surface area contributed by atoms with Gasteiger partial charge in [-0.25, -0.2) is 0 Å². The summed E-state index contributed by atoms with van der Waals surface area (Å²) in [5.41, 5.74) is 1.35. The molecule has 1 aromatic rings. The summed E-state index contributed by atoms with van der Waals surface area (Å²) in [6, 6.07) is 0.588. The molecular formula is C14H23N3. The average molecular weight is 233 g/mol. The molecule has 0 spiro atoms. The van der Waals surface area contributed by atoms with E-state index in [1.165, 1.54) is 31.4 Å². The first-order valence-corrected chi connectivity index (χ1v) is 6.71. The molecule has 3 heteroatoms. The van der Waals surface area contributed by atoms with E-state index in [1.54, 1.807) is 0 Å². The predicted octanol–water partition coefficient (Wildman–Crippen LogP) is 2.49. The smallest absolute Gasteiger partial charge is 0.0522 e. The van der Waals surface area contributed by atoms with Crippen LogP contribution in [-0.2, 0) is 13.0 Å². The number of hydrogen-bond acceptors (Lipinski definition) is 2. The lowest BCUT2D eigenvalue weighted by atomic mass is 10.0. The lowest BCUT2D eigenvalue weighted by Gasteiger charge is -2.33. The highest BCUT2D eigenvalue weighted by molar-refractivity contribution is 5.05. The van der Waals surface area contributed by atoms with E-state index in [9.17, 15) is 0 Å². The number of likely N-dealkylation sites (tertiary alicyclic amines) is 1. The maximum absolute atomic E-state index is 4.32. The lowest BCUT2D eigenvalue weighted by molar-refractivity contribution is 0.182. The van der Waals surface area contributed by atoms with Gasteiger partial charge in [0.05, 0.1) is 6.20 Å². The molecule has 94 valence electrons. The van der Waals surface area contributed by atoms with Crippen LogP contribution in [0.15, 0.2) is 25.0 Å². The average Bonchev–Trinajstić information content (AvgIpc) is 2.84. The number of aryl methyl sites for hydroxylation is 1. The van der Waals surface area contributed by atoms with E-state index >= 15 is 0 Å². The van der Waals surface area contributed by atoms with Gasteiger partial charge in [0.1, 0.15) is 0 Å². The molecule has 3 nitrogen and oxygen atoms in total. The van der Waals surface area contributed by atoms with Crippen LogP contribution < -0.4 is 0 Å². The van der Waals surface area contributed by atoms with Gasteiger partial charge >= 0.3 is 0 Å². The first-order valence-electron chi connectivity index (χ1n) is 6.71. The predicted molar refractivity (Wildman–Crippen MR) is 71.0 cm³/mol. The zero-order valence-corrected chi connectivity index (χ0v) is 10.8. The first kappa shape index (κ1) is 12.4. The Morgan fingerprint density at radius 1 is 1.53 bits per heavy atom. The van der Waals surface area contributed by atoms with Crippen molar-refractivity contribution in [2.45, 2.75) is 45.2 Å². The second-order valence-corrected chi connectivity index (χ2v) is 4.79. The van der Waals surface area contributed by atoms with Crippen LogP contribution in [0.5, 0.6) is 0 Å². The minimum atomic E-state index is 0.588. The van der Waals surface area contributed by atoms with Gasteiger partial charge in [-0.2, -0.15) is 5.10 Å². The summed E-state index contributed by atoms with van der Waals surface area (Å²) in [5.74, 6) is 0. The summed E-state index contributed by atoms with van der Waals surface area (Å²) < 4.78 is 2.00. The van der Waals surface area contributed by atoms with Crippen LogP contribution in [0, 0.1) is 0 Å². The summed E-state index contributed by atoms with van der Waals surface area (Å²) in [6.07, 6.45) is 11.3. The highest BCUT2D eigenvalue weighted by atomic mass is 15.3. The molecule has 1 aliphatic heterocycles. The van der Waals surface area contributed by atoms with E-state index < -0.39 is 0 Å². The third kappa shape index (κ3) is 3.19. The number of rotatable bonds is 5. The van der Waals surface area contributed by atoms with Gasteiger partial charge in [0.15, 0.2) is 0 Å². The van der Waals surface area contributed by atoms with Crippen molar-refractivity contribution in [3.05, 3.63) is 30.6 Å². The molecule has 0 radical (unpaired) electrons. The van der Waals surface area contributed by atoms with E-state index in [0.29, 0.717) is 6.04 Å². The van der Waals surface area contributed by atoms with Crippen LogP contribution in [0.2, 0.25) is 0 Å². The summed E-state index contributed by atoms with van der Waals surface area (Å²) in [4.78, 5) is 2.56. The van der Waals surface area contributed by atoms with Crippen molar-refractivity contribution in [3.8, 4) is 0 Å². The lowest BCUT2D eigenvalue weighted by Crippen LogP contribution is -2.39. The Bertz CT molecular complexity index is 356. The second kappa shape index (κ2) is 6.01. The van der Waals surface area contributed by atoms with Gasteiger partial charge in [-0.05, 0) is 38.3 Å². The monoisotopic (exact) mass is 233 g/mol. The molecule has 1 aromatic heterocycles. The van der Waals surface area contributed by atoms with Crippen molar-refractivity contribution in [2.75, 3.05) is 13.1 Å². The number of nitrogens with zero attached hydrogens (tertiary/aromatic N) is 3. The molecule has 0 aromatic carbocycles. The van der Waals surface area contributed by atoms with Crippen molar-refractivity contribution in [1.29, 1.82) is 0 Å². The largest absolute Gasteiger partial charge is 0.297 e. The minimum Gasteiger partial charge on any atom is -0.297 e. The quantitative estimate of drug-likeness (QED) is 0.729. The first-order chi connectivity index (χ1) is 8.33. The molecule has 0 N–H and O–H groups in total. The van der Waals surface area contributed by atoms with Crippen molar-refractivity contribution in [1.82, 2.24) is 14.7 Å². The third-order valence-corrected chi connectivity index (χ3v) is 3.63. The Balaban J connectivity index is 1.85. The summed E-state index contributed by atoms with van der Waals surface area (Å²) in [5, 5.41) is 4.32. The van der Waals surface area contributed by atoms with Crippen molar-refractivity contribution in [3.63, 3.8) is 0 Å². The Morgan fingerprint density at radius 3 is 3.12 bits per heavy atom. The Hall–Kier alpha value is -1.09. The van der Waals surface area contributed by atoms with Crippen molar-refractivity contribution in [2.24, 2.45) is 0 Å². The normalized spacial score (nSPS) is 21.6. The van der Waals surface area contributed by atoms with Crippen LogP contribution in [0.3, 0.4) is 0 Å². The molecule has 0 saturated carbocycles. The van der Waals surface area contributed by atoms with E-state index in [0.717, 1.165) is 19.5 Å². The van der Waals surface area contributed by atoms with E-state index in [1.807, 2.05) is 10.9 Å². The SMILES string of the molecule is C=C[C@H]1CCCCN1CCc1cnn(CC)c1. The van der Waals surface area contributed by atoms with Gasteiger partial charge in [0, 0.05) is 25.3 Å². The van der Waals surface area contributed by atoms with E-state index in [-0.39, 0.29) is 0 Å². The standard InChI is InChI=1S/C14H23N3/c1-3-14-7-5-6-9-16(14)10-8-13-11-15-17(4-2)12-13/h3,11-12,14H,1,4-10H2,2H3/t14-/m0/s1. The Morgan fingerprint density at radius 2 is 2.41 bits per heavy atom. The Kier molecular flexibility index (Phi) is 4.37. The van der Waals surface area contributed by atoms with E-state index in [4.69, 9.17) is 0 Å². The fourth-order valence-electron chi connectivity index (χ4n) is 2.54. The Labute approximate surface area is 104 Å². The highest BCUT2D eigenvalue weighted by Gasteiger charge is 2.18. The van der Waals surface area contributed by atoms with E-state index in [2.05, 4.69) is 35.8 Å². The maximum Gasteiger partial charge on any atom is 0.0522 e. The topological polar surface area (TPSA) is 21.1 Å². The molecule has 0 aliphatic carbocycles. The molecular weight excluding hydrogens is 210 g/mol. The van der Waals surface area contributed by atoms with Crippen molar-refractivity contribution < 1.29 is 0 Å². The van der Waals surface area contributed by atoms with Gasteiger partial charge in [-0.3, -0.25) is 9.58 Å². The molecule has 2 rings (SSSR count). The molecule has 0 bridgehead atoms. The fourth-order valence-corrected chi connectivity index (χ4v) is 2.54. The van der Waals surface area contributed by atoms with Crippen LogP contribution in [0.25, 0.3) is 0 Å². The van der Waals surface area contributed by atoms with Gasteiger partial charge < -0.3 is 0 Å². The summed E-state index contributed by atoms with van der Waals surface area (Å²) >= 11 is 0. The molecule has 2 heterocycles. The molecule has 0 unspecified atom stereocenters. The molecule has 1 saturated heterocycles. The molecule has 0 amide bonds. The maximum atomic E-state index is 4.32. The van der Waals surface area contributed by atoms with Crippen LogP contribution in [0.4, 0.5) is 0 Å². The molecule has 1 atom stereocenters. The second-order valence-electron chi connectivity index (χ2n) is 4.79. The molecule has 1 aliphatic rings. The van der Waals surface area contributed by atoms with Gasteiger partial charge in [-0.1, -0.05) is 12.5 Å². The van der Waals surface area contributed by atoms with Crippen LogP contribution in [0.1, 0.15) is 31.7 Å². The summed E-state index contributed by atoms with van der Waals surface area (Å²) in [7, 11) is 0. The molecule has 1 fully saturated rings. The van der Waals surface area contributed by atoms with Crippen LogP contribution >= 0.6 is 0 Å².